The van der Waals surface area contributed by atoms with Crippen molar-refractivity contribution in [3.05, 3.63) is 30.4 Å². The van der Waals surface area contributed by atoms with Gasteiger partial charge in [-0.3, -0.25) is 4.79 Å². The second-order valence-corrected chi connectivity index (χ2v) is 8.14. The van der Waals surface area contributed by atoms with Crippen LogP contribution in [0.1, 0.15) is 39.1 Å². The number of rotatable bonds is 5. The number of imidazole rings is 1. The lowest BCUT2D eigenvalue weighted by Crippen LogP contribution is -2.37. The molecule has 3 aromatic rings. The van der Waals surface area contributed by atoms with Gasteiger partial charge in [-0.2, -0.15) is 4.98 Å². The molecular weight excluding hydrogens is 368 g/mol. The van der Waals surface area contributed by atoms with Gasteiger partial charge in [0.05, 0.1) is 17.1 Å². The molecule has 0 aromatic carbocycles. The van der Waals surface area contributed by atoms with Gasteiger partial charge in [0, 0.05) is 31.4 Å². The quantitative estimate of drug-likeness (QED) is 0.683. The van der Waals surface area contributed by atoms with E-state index in [1.165, 1.54) is 0 Å². The van der Waals surface area contributed by atoms with E-state index in [1.54, 1.807) is 18.5 Å². The Bertz CT molecular complexity index is 1080. The van der Waals surface area contributed by atoms with E-state index >= 15 is 0 Å². The van der Waals surface area contributed by atoms with Crippen LogP contribution in [0.4, 0.5) is 17.6 Å². The van der Waals surface area contributed by atoms with Gasteiger partial charge >= 0.3 is 0 Å². The Kier molecular flexibility index (Phi) is 4.60. The van der Waals surface area contributed by atoms with Crippen molar-refractivity contribution in [2.24, 2.45) is 11.1 Å². The molecule has 0 unspecified atom stereocenters. The lowest BCUT2D eigenvalue weighted by molar-refractivity contribution is -0.125. The van der Waals surface area contributed by atoms with Crippen LogP contribution in [0.3, 0.4) is 0 Å². The monoisotopic (exact) mass is 394 g/mol. The van der Waals surface area contributed by atoms with Crippen molar-refractivity contribution in [1.29, 1.82) is 0 Å². The van der Waals surface area contributed by atoms with Crippen molar-refractivity contribution in [3.63, 3.8) is 0 Å². The Morgan fingerprint density at radius 2 is 2.07 bits per heavy atom. The summed E-state index contributed by atoms with van der Waals surface area (Å²) in [6, 6.07) is 4.08. The first-order valence-electron chi connectivity index (χ1n) is 9.76. The summed E-state index contributed by atoms with van der Waals surface area (Å²) in [4.78, 5) is 31.7. The van der Waals surface area contributed by atoms with Crippen molar-refractivity contribution in [3.8, 4) is 0 Å². The predicted molar refractivity (Wildman–Crippen MR) is 112 cm³/mol. The molecular formula is C20H26N8O. The van der Waals surface area contributed by atoms with Gasteiger partial charge in [-0.25, -0.2) is 15.0 Å². The van der Waals surface area contributed by atoms with E-state index < -0.39 is 5.41 Å². The van der Waals surface area contributed by atoms with Gasteiger partial charge < -0.3 is 20.5 Å². The number of aromatic nitrogens is 5. The van der Waals surface area contributed by atoms with Crippen molar-refractivity contribution >= 4 is 34.5 Å². The van der Waals surface area contributed by atoms with Crippen LogP contribution in [0.25, 0.3) is 11.0 Å². The molecule has 9 nitrogen and oxygen atoms in total. The number of amides is 1. The average molecular weight is 394 g/mol. The Hall–Kier alpha value is -3.23. The average Bonchev–Trinajstić information content (AvgIpc) is 3.22. The van der Waals surface area contributed by atoms with Crippen molar-refractivity contribution < 1.29 is 4.79 Å². The van der Waals surface area contributed by atoms with Gasteiger partial charge in [0.15, 0.2) is 0 Å². The fourth-order valence-corrected chi connectivity index (χ4v) is 3.87. The molecule has 0 spiro atoms. The first kappa shape index (κ1) is 19.1. The molecule has 4 heterocycles. The molecule has 0 aliphatic carbocycles. The Morgan fingerprint density at radius 1 is 1.28 bits per heavy atom. The molecule has 3 aromatic heterocycles. The number of carbonyl (C=O) groups is 1. The summed E-state index contributed by atoms with van der Waals surface area (Å²) in [5, 5.41) is 3.26. The molecule has 0 saturated carbocycles. The van der Waals surface area contributed by atoms with Crippen LogP contribution < -0.4 is 16.0 Å². The number of fused-ring (bicyclic) bond motifs is 1. The van der Waals surface area contributed by atoms with Gasteiger partial charge in [-0.05, 0) is 40.2 Å². The minimum Gasteiger partial charge on any atom is -0.369 e. The number of anilines is 3. The molecule has 0 bridgehead atoms. The second kappa shape index (κ2) is 6.98. The minimum absolute atomic E-state index is 0.288. The maximum atomic E-state index is 11.7. The van der Waals surface area contributed by atoms with Gasteiger partial charge in [-0.15, -0.1) is 0 Å². The number of nitrogens with zero attached hydrogens (tertiary/aromatic N) is 6. The van der Waals surface area contributed by atoms with Crippen molar-refractivity contribution in [2.45, 2.75) is 40.2 Å². The van der Waals surface area contributed by atoms with Crippen LogP contribution in [0, 0.1) is 12.3 Å². The van der Waals surface area contributed by atoms with Crippen LogP contribution in [0.2, 0.25) is 0 Å². The summed E-state index contributed by atoms with van der Waals surface area (Å²) in [6.07, 6.45) is 4.16. The highest BCUT2D eigenvalue weighted by Gasteiger charge is 2.39. The highest BCUT2D eigenvalue weighted by atomic mass is 16.1. The molecule has 1 aliphatic rings. The van der Waals surface area contributed by atoms with Crippen LogP contribution in [0.15, 0.2) is 24.5 Å². The summed E-state index contributed by atoms with van der Waals surface area (Å²) in [5.41, 5.74) is 6.90. The highest BCUT2D eigenvalue weighted by Crippen LogP contribution is 2.32. The lowest BCUT2D eigenvalue weighted by atomic mass is 9.89. The van der Waals surface area contributed by atoms with Crippen LogP contribution in [0.5, 0.6) is 0 Å². The summed E-state index contributed by atoms with van der Waals surface area (Å²) in [5.74, 6) is 2.58. The predicted octanol–water partition coefficient (Wildman–Crippen LogP) is 2.56. The third-order valence-corrected chi connectivity index (χ3v) is 5.52. The van der Waals surface area contributed by atoms with E-state index in [0.717, 1.165) is 16.9 Å². The van der Waals surface area contributed by atoms with E-state index in [0.29, 0.717) is 43.1 Å². The minimum atomic E-state index is -0.549. The SMILES string of the molecule is Cc1nc2cnc(Nc3ccnc(N4CC[C@@](C)(C(N)=O)C4)n3)cc2n1C(C)C. The number of pyridine rings is 1. The van der Waals surface area contributed by atoms with Crippen molar-refractivity contribution in [1.82, 2.24) is 24.5 Å². The summed E-state index contributed by atoms with van der Waals surface area (Å²) in [6.45, 7) is 9.36. The summed E-state index contributed by atoms with van der Waals surface area (Å²) in [7, 11) is 0. The number of nitrogens with one attached hydrogen (secondary N) is 1. The maximum absolute atomic E-state index is 11.7. The molecule has 0 radical (unpaired) electrons. The molecule has 4 rings (SSSR count). The number of aryl methyl sites for hydroxylation is 1. The normalized spacial score (nSPS) is 19.3. The zero-order chi connectivity index (χ0) is 20.8. The second-order valence-electron chi connectivity index (χ2n) is 8.14. The first-order valence-corrected chi connectivity index (χ1v) is 9.76. The molecule has 1 fully saturated rings. The fourth-order valence-electron chi connectivity index (χ4n) is 3.87. The third-order valence-electron chi connectivity index (χ3n) is 5.52. The van der Waals surface area contributed by atoms with Crippen LogP contribution in [-0.2, 0) is 4.79 Å². The number of nitrogens with two attached hydrogens (primary N) is 1. The molecule has 29 heavy (non-hydrogen) atoms. The maximum Gasteiger partial charge on any atom is 0.227 e. The van der Waals surface area contributed by atoms with Gasteiger partial charge in [0.25, 0.3) is 0 Å². The smallest absolute Gasteiger partial charge is 0.227 e. The zero-order valence-electron chi connectivity index (χ0n) is 17.2. The van der Waals surface area contributed by atoms with E-state index in [9.17, 15) is 4.79 Å². The van der Waals surface area contributed by atoms with Crippen LogP contribution in [-0.4, -0.2) is 43.5 Å². The van der Waals surface area contributed by atoms with Crippen molar-refractivity contribution in [2.75, 3.05) is 23.3 Å². The number of carbonyl (C=O) groups excluding carboxylic acids is 1. The Morgan fingerprint density at radius 3 is 2.76 bits per heavy atom. The third kappa shape index (κ3) is 3.48. The summed E-state index contributed by atoms with van der Waals surface area (Å²) < 4.78 is 2.18. The number of hydrogen-bond donors (Lipinski definition) is 2. The molecule has 152 valence electrons. The highest BCUT2D eigenvalue weighted by molar-refractivity contribution is 5.82. The molecule has 1 aliphatic heterocycles. The lowest BCUT2D eigenvalue weighted by Gasteiger charge is -2.21. The van der Waals surface area contributed by atoms with Crippen LogP contribution >= 0.6 is 0 Å². The van der Waals surface area contributed by atoms with E-state index in [1.807, 2.05) is 24.8 Å². The topological polar surface area (TPSA) is 115 Å². The first-order chi connectivity index (χ1) is 13.8. The standard InChI is InChI=1S/C20H26N8O/c1-12(2)28-13(3)24-14-10-23-17(9-15(14)28)25-16-5-7-22-19(26-16)27-8-6-20(4,11-27)18(21)29/h5,7,9-10,12H,6,8,11H2,1-4H3,(H2,21,29)(H,22,23,25,26)/t20-/m1/s1. The van der Waals surface area contributed by atoms with E-state index in [-0.39, 0.29) is 5.91 Å². The fraction of sp³-hybridized carbons (Fsp3) is 0.450. The van der Waals surface area contributed by atoms with E-state index in [4.69, 9.17) is 5.73 Å². The number of hydrogen-bond acceptors (Lipinski definition) is 7. The number of primary amides is 1. The Labute approximate surface area is 169 Å². The largest absolute Gasteiger partial charge is 0.369 e. The molecule has 9 heteroatoms. The summed E-state index contributed by atoms with van der Waals surface area (Å²) >= 11 is 0. The van der Waals surface area contributed by atoms with Gasteiger partial charge in [0.2, 0.25) is 11.9 Å². The Balaban J connectivity index is 1.59. The molecule has 1 saturated heterocycles. The van der Waals surface area contributed by atoms with Gasteiger partial charge in [0.1, 0.15) is 23.0 Å². The van der Waals surface area contributed by atoms with E-state index in [2.05, 4.69) is 43.7 Å². The molecule has 3 N–H and O–H groups in total. The van der Waals surface area contributed by atoms with Gasteiger partial charge in [-0.1, -0.05) is 0 Å². The molecule has 1 atom stereocenters. The zero-order valence-corrected chi connectivity index (χ0v) is 17.2. The molecule has 1 amide bonds.